The molecule has 0 saturated heterocycles. The van der Waals surface area contributed by atoms with Gasteiger partial charge in [0.05, 0.1) is 0 Å². The number of rotatable bonds is 3. The molecule has 0 aliphatic carbocycles. The number of benzene rings is 4. The van der Waals surface area contributed by atoms with E-state index < -0.39 is 0 Å². The summed E-state index contributed by atoms with van der Waals surface area (Å²) in [5.41, 5.74) is 4.20. The summed E-state index contributed by atoms with van der Waals surface area (Å²) in [5.74, 6) is 0. The van der Waals surface area contributed by atoms with E-state index in [0.717, 1.165) is 22.3 Å². The molecule has 0 atom stereocenters. The Balaban J connectivity index is 0.000000560. The second-order valence-corrected chi connectivity index (χ2v) is 7.01. The summed E-state index contributed by atoms with van der Waals surface area (Å²) >= 11 is 0. The van der Waals surface area contributed by atoms with E-state index in [-0.39, 0.29) is 47.5 Å². The Morgan fingerprint density at radius 3 is 1.15 bits per heavy atom. The number of allylic oxidation sites excluding steroid dienone is 2. The molecule has 0 heterocycles. The molecule has 0 bridgehead atoms. The third-order valence-corrected chi connectivity index (χ3v) is 5.13. The summed E-state index contributed by atoms with van der Waals surface area (Å²) in [4.78, 5) is 0. The van der Waals surface area contributed by atoms with Gasteiger partial charge in [0.15, 0.2) is 0 Å². The van der Waals surface area contributed by atoms with E-state index >= 15 is 0 Å². The van der Waals surface area contributed by atoms with Crippen LogP contribution in [-0.4, -0.2) is 11.0 Å². The summed E-state index contributed by atoms with van der Waals surface area (Å²) in [5, 5.41) is 5.39. The summed E-state index contributed by atoms with van der Waals surface area (Å²) in [6.07, 6.45) is 0. The quantitative estimate of drug-likeness (QED) is 0.139. The van der Waals surface area contributed by atoms with Crippen molar-refractivity contribution in [3.05, 3.63) is 154 Å². The van der Waals surface area contributed by atoms with E-state index in [1.165, 1.54) is 21.5 Å². The Morgan fingerprint density at radius 2 is 0.788 bits per heavy atom. The van der Waals surface area contributed by atoms with E-state index in [1.807, 2.05) is 36.4 Å². The van der Waals surface area contributed by atoms with Gasteiger partial charge in [-0.2, -0.15) is 0 Å². The van der Waals surface area contributed by atoms with Crippen LogP contribution >= 0.6 is 0 Å². The van der Waals surface area contributed by atoms with Crippen molar-refractivity contribution in [2.24, 2.45) is 0 Å². The molecule has 0 spiro atoms. The van der Waals surface area contributed by atoms with Crippen LogP contribution in [-0.2, 0) is 21.7 Å². The van der Waals surface area contributed by atoms with Crippen molar-refractivity contribution in [3.63, 3.8) is 0 Å². The molecule has 5 rings (SSSR count). The van der Waals surface area contributed by atoms with Crippen LogP contribution in [0.4, 0.5) is 0 Å². The molecular weight excluding hydrogens is 448 g/mol. The van der Waals surface area contributed by atoms with Gasteiger partial charge in [0.2, 0.25) is 0 Å². The molecule has 5 aromatic rings. The summed E-state index contributed by atoms with van der Waals surface area (Å²) in [6, 6.07) is 39.5. The van der Waals surface area contributed by atoms with Gasteiger partial charge in [0, 0.05) is 11.0 Å². The van der Waals surface area contributed by atoms with E-state index in [0.29, 0.717) is 0 Å². The van der Waals surface area contributed by atoms with Crippen molar-refractivity contribution in [1.29, 1.82) is 0 Å². The first-order chi connectivity index (χ1) is 14.2. The van der Waals surface area contributed by atoms with Crippen molar-refractivity contribution in [2.75, 3.05) is 0 Å². The third-order valence-electron chi connectivity index (χ3n) is 5.13. The average molecular weight is 478 g/mol. The second-order valence-electron chi connectivity index (χ2n) is 7.01. The topological polar surface area (TPSA) is 0 Å². The van der Waals surface area contributed by atoms with E-state index in [4.69, 9.17) is 0 Å². The zero-order valence-electron chi connectivity index (χ0n) is 19.4. The molecule has 161 valence electrons. The van der Waals surface area contributed by atoms with Crippen LogP contribution in [0, 0.1) is 14.9 Å². The van der Waals surface area contributed by atoms with E-state index in [2.05, 4.69) is 92.0 Å². The largest absolute Gasteiger partial charge is 3.00 e. The molecule has 0 nitrogen and oxygen atoms in total. The van der Waals surface area contributed by atoms with Crippen LogP contribution in [0.2, 0.25) is 0 Å². The van der Waals surface area contributed by atoms with E-state index in [1.54, 1.807) is 0 Å². The van der Waals surface area contributed by atoms with Gasteiger partial charge in [-0.3, -0.25) is 0 Å². The smallest absolute Gasteiger partial charge is 0.358 e. The SMILES string of the molecule is C=C(C(=C)c1ccccc1)c1ccccc1.[CH3-].[CH3-].[Si].[Ti+3].c1ccc2c(c1)[cH-]c1ccccc12. The Hall–Kier alpha value is -2.84. The zero-order chi connectivity index (χ0) is 20.1. The molecule has 0 fully saturated rings. The van der Waals surface area contributed by atoms with Crippen LogP contribution in [0.25, 0.3) is 32.7 Å². The molecule has 2 heteroatoms. The normalized spacial score (nSPS) is 9.09. The van der Waals surface area contributed by atoms with Crippen molar-refractivity contribution in [3.8, 4) is 0 Å². The van der Waals surface area contributed by atoms with Crippen molar-refractivity contribution < 1.29 is 21.7 Å². The van der Waals surface area contributed by atoms with Gasteiger partial charge in [-0.1, -0.05) is 110 Å². The molecule has 0 unspecified atom stereocenters. The van der Waals surface area contributed by atoms with Gasteiger partial charge in [-0.15, -0.1) is 39.7 Å². The fraction of sp³-hybridized carbons (Fsp3) is 0. The maximum absolute atomic E-state index is 4.10. The van der Waals surface area contributed by atoms with Crippen LogP contribution < -0.4 is 0 Å². The fourth-order valence-electron chi connectivity index (χ4n) is 3.53. The molecule has 33 heavy (non-hydrogen) atoms. The number of fused-ring (bicyclic) bond motifs is 3. The minimum atomic E-state index is 0. The van der Waals surface area contributed by atoms with Gasteiger partial charge >= 0.3 is 21.7 Å². The maximum Gasteiger partial charge on any atom is 3.00 e. The van der Waals surface area contributed by atoms with Gasteiger partial charge < -0.3 is 14.9 Å². The molecule has 5 radical (unpaired) electrons. The Labute approximate surface area is 219 Å². The molecule has 0 amide bonds. The predicted molar refractivity (Wildman–Crippen MR) is 147 cm³/mol. The van der Waals surface area contributed by atoms with E-state index in [9.17, 15) is 0 Å². The number of hydrogen-bond donors (Lipinski definition) is 0. The second kappa shape index (κ2) is 14.3. The van der Waals surface area contributed by atoms with Crippen LogP contribution in [0.5, 0.6) is 0 Å². The summed E-state index contributed by atoms with van der Waals surface area (Å²) in [7, 11) is 0. The van der Waals surface area contributed by atoms with Crippen LogP contribution in [0.3, 0.4) is 0 Å². The minimum absolute atomic E-state index is 0. The average Bonchev–Trinajstić information content (AvgIpc) is 3.18. The molecular formula is C31H29SiTi. The number of hydrogen-bond acceptors (Lipinski definition) is 0. The molecule has 0 aromatic heterocycles. The summed E-state index contributed by atoms with van der Waals surface area (Å²) in [6.45, 7) is 8.20. The molecule has 5 aromatic carbocycles. The first-order valence-corrected chi connectivity index (χ1v) is 9.76. The molecule has 0 N–H and O–H groups in total. The van der Waals surface area contributed by atoms with Crippen LogP contribution in [0.1, 0.15) is 11.1 Å². The van der Waals surface area contributed by atoms with Crippen molar-refractivity contribution in [1.82, 2.24) is 0 Å². The predicted octanol–water partition coefficient (Wildman–Crippen LogP) is 8.64. The minimum Gasteiger partial charge on any atom is -0.358 e. The van der Waals surface area contributed by atoms with Gasteiger partial charge in [-0.05, 0) is 22.3 Å². The summed E-state index contributed by atoms with van der Waals surface area (Å²) < 4.78 is 0. The zero-order valence-corrected chi connectivity index (χ0v) is 21.9. The van der Waals surface area contributed by atoms with Crippen molar-refractivity contribution in [2.45, 2.75) is 0 Å². The Kier molecular flexibility index (Phi) is 13.1. The van der Waals surface area contributed by atoms with Crippen LogP contribution in [0.15, 0.2) is 128 Å². The van der Waals surface area contributed by atoms with Gasteiger partial charge in [0.1, 0.15) is 0 Å². The Bertz CT molecular complexity index is 1170. The van der Waals surface area contributed by atoms with Gasteiger partial charge in [-0.25, -0.2) is 0 Å². The fourth-order valence-corrected chi connectivity index (χ4v) is 3.53. The third kappa shape index (κ3) is 7.07. The standard InChI is InChI=1S/C16H14.C13H9.2CH3.Si.Ti/c1-13(15-9-5-3-6-10-15)14(2)16-11-7-4-8-12-16;1-3-7-12-10(5-1)9-11-6-2-4-8-13(11)12;;;;/h3-12H,1-2H2;1-9H;2*1H3;;/q;3*-1;;+3. The first kappa shape index (κ1) is 30.2. The maximum atomic E-state index is 4.10. The Morgan fingerprint density at radius 1 is 0.485 bits per heavy atom. The van der Waals surface area contributed by atoms with Crippen molar-refractivity contribution >= 4 is 43.7 Å². The molecule has 0 aliphatic rings. The first-order valence-electron chi connectivity index (χ1n) is 9.76. The molecule has 0 saturated carbocycles. The van der Waals surface area contributed by atoms with Gasteiger partial charge in [0.25, 0.3) is 0 Å². The monoisotopic (exact) mass is 477 g/mol. The molecule has 0 aliphatic heterocycles.